The Balaban J connectivity index is 2.16. The molecule has 0 saturated heterocycles. The summed E-state index contributed by atoms with van der Waals surface area (Å²) < 4.78 is 39.0. The van der Waals surface area contributed by atoms with Crippen LogP contribution < -0.4 is 10.5 Å². The van der Waals surface area contributed by atoms with Gasteiger partial charge < -0.3 is 15.0 Å². The third kappa shape index (κ3) is 2.46. The highest BCUT2D eigenvalue weighted by Crippen LogP contribution is 2.38. The molecule has 0 aliphatic rings. The first-order valence-electron chi connectivity index (χ1n) is 6.48. The van der Waals surface area contributed by atoms with Gasteiger partial charge in [-0.2, -0.15) is 0 Å². The van der Waals surface area contributed by atoms with E-state index in [2.05, 4.69) is 21.1 Å². The van der Waals surface area contributed by atoms with Crippen LogP contribution in [0.4, 0.5) is 8.78 Å². The highest BCUT2D eigenvalue weighted by molar-refractivity contribution is 9.10. The molecule has 2 N–H and O–H groups in total. The van der Waals surface area contributed by atoms with Gasteiger partial charge in [0.25, 0.3) is 0 Å². The monoisotopic (exact) mass is 368 g/mol. The van der Waals surface area contributed by atoms with Crippen LogP contribution in [0.3, 0.4) is 0 Å². The van der Waals surface area contributed by atoms with E-state index in [0.29, 0.717) is 34.3 Å². The molecule has 0 atom stereocenters. The fourth-order valence-corrected chi connectivity index (χ4v) is 2.67. The molecule has 0 fully saturated rings. The smallest absolute Gasteiger partial charge is 0.185 e. The number of rotatable bonds is 4. The van der Waals surface area contributed by atoms with E-state index in [1.54, 1.807) is 12.1 Å². The molecule has 4 nitrogen and oxygen atoms in total. The van der Waals surface area contributed by atoms with E-state index in [1.165, 1.54) is 18.2 Å². The Labute approximate surface area is 133 Å². The van der Waals surface area contributed by atoms with Gasteiger partial charge in [-0.05, 0) is 40.2 Å². The first kappa shape index (κ1) is 14.9. The lowest BCUT2D eigenvalue weighted by atomic mass is 10.1. The number of aromatic nitrogens is 1. The molecular formula is C15H11BrF2N2O2. The number of halogens is 3. The Bertz CT molecular complexity index is 816. The Hall–Kier alpha value is -1.99. The number of hydrogen-bond acceptors (Lipinski definition) is 4. The average molecular weight is 369 g/mol. The van der Waals surface area contributed by atoms with E-state index < -0.39 is 11.6 Å². The molecule has 22 heavy (non-hydrogen) atoms. The number of ether oxygens (including phenoxy) is 1. The van der Waals surface area contributed by atoms with Crippen molar-refractivity contribution in [3.8, 4) is 17.0 Å². The SMILES string of the molecule is NCCOc1ccc2c(-c3c(F)cccc3F)noc2c1Br. The molecule has 3 aromatic rings. The van der Waals surface area contributed by atoms with Crippen molar-refractivity contribution in [3.05, 3.63) is 46.4 Å². The van der Waals surface area contributed by atoms with Gasteiger partial charge in [-0.15, -0.1) is 0 Å². The third-order valence-corrected chi connectivity index (χ3v) is 3.87. The summed E-state index contributed by atoms with van der Waals surface area (Å²) in [7, 11) is 0. The van der Waals surface area contributed by atoms with Crippen LogP contribution in [0.25, 0.3) is 22.2 Å². The normalized spacial score (nSPS) is 11.1. The molecule has 0 unspecified atom stereocenters. The molecule has 114 valence electrons. The summed E-state index contributed by atoms with van der Waals surface area (Å²) in [6.45, 7) is 0.708. The number of hydrogen-bond donors (Lipinski definition) is 1. The summed E-state index contributed by atoms with van der Waals surface area (Å²) >= 11 is 3.35. The zero-order valence-corrected chi connectivity index (χ0v) is 12.9. The minimum absolute atomic E-state index is 0.108. The summed E-state index contributed by atoms with van der Waals surface area (Å²) in [6.07, 6.45) is 0. The lowest BCUT2D eigenvalue weighted by Gasteiger charge is -2.06. The van der Waals surface area contributed by atoms with Crippen molar-refractivity contribution in [3.63, 3.8) is 0 Å². The van der Waals surface area contributed by atoms with E-state index in [4.69, 9.17) is 15.0 Å². The maximum Gasteiger partial charge on any atom is 0.185 e. The molecule has 1 aromatic heterocycles. The van der Waals surface area contributed by atoms with Crippen LogP contribution in [0, 0.1) is 11.6 Å². The van der Waals surface area contributed by atoms with Crippen molar-refractivity contribution in [2.75, 3.05) is 13.2 Å². The lowest BCUT2D eigenvalue weighted by Crippen LogP contribution is -2.10. The molecule has 2 aromatic carbocycles. The van der Waals surface area contributed by atoms with Gasteiger partial charge in [0, 0.05) is 6.54 Å². The maximum atomic E-state index is 13.9. The van der Waals surface area contributed by atoms with Crippen LogP contribution >= 0.6 is 15.9 Å². The van der Waals surface area contributed by atoms with Gasteiger partial charge >= 0.3 is 0 Å². The molecule has 0 bridgehead atoms. The van der Waals surface area contributed by atoms with Gasteiger partial charge in [-0.1, -0.05) is 11.2 Å². The van der Waals surface area contributed by atoms with E-state index in [1.807, 2.05) is 0 Å². The molecule has 0 saturated carbocycles. The molecule has 0 amide bonds. The van der Waals surface area contributed by atoms with Gasteiger partial charge in [0.1, 0.15) is 34.2 Å². The fraction of sp³-hybridized carbons (Fsp3) is 0.133. The standard InChI is InChI=1S/C15H11BrF2N2O2/c16-13-11(21-7-6-19)5-4-8-14(20-22-15(8)13)12-9(17)2-1-3-10(12)18/h1-5H,6-7,19H2. The Kier molecular flexibility index (Phi) is 4.08. The number of nitrogens with two attached hydrogens (primary N) is 1. The summed E-state index contributed by atoms with van der Waals surface area (Å²) in [5.74, 6) is -0.876. The van der Waals surface area contributed by atoms with Crippen LogP contribution in [0.5, 0.6) is 5.75 Å². The quantitative estimate of drug-likeness (QED) is 0.759. The van der Waals surface area contributed by atoms with Gasteiger partial charge in [0.05, 0.1) is 10.9 Å². The Morgan fingerprint density at radius 1 is 1.18 bits per heavy atom. The molecule has 0 aliphatic carbocycles. The van der Waals surface area contributed by atoms with Crippen LogP contribution in [-0.4, -0.2) is 18.3 Å². The van der Waals surface area contributed by atoms with Crippen molar-refractivity contribution >= 4 is 26.9 Å². The second kappa shape index (κ2) is 6.02. The average Bonchev–Trinajstić information content (AvgIpc) is 2.91. The number of nitrogens with zero attached hydrogens (tertiary/aromatic N) is 1. The van der Waals surface area contributed by atoms with Crippen molar-refractivity contribution in [2.24, 2.45) is 5.73 Å². The lowest BCUT2D eigenvalue weighted by molar-refractivity contribution is 0.326. The first-order valence-corrected chi connectivity index (χ1v) is 7.28. The van der Waals surface area contributed by atoms with Gasteiger partial charge in [0.2, 0.25) is 0 Å². The van der Waals surface area contributed by atoms with Crippen molar-refractivity contribution in [1.82, 2.24) is 5.16 Å². The largest absolute Gasteiger partial charge is 0.491 e. The van der Waals surface area contributed by atoms with Crippen molar-refractivity contribution < 1.29 is 18.0 Å². The first-order chi connectivity index (χ1) is 10.6. The van der Waals surface area contributed by atoms with Crippen LogP contribution in [-0.2, 0) is 0 Å². The summed E-state index contributed by atoms with van der Waals surface area (Å²) in [6, 6.07) is 6.95. The minimum atomic E-state index is -0.699. The van der Waals surface area contributed by atoms with Crippen LogP contribution in [0.15, 0.2) is 39.3 Å². The van der Waals surface area contributed by atoms with Gasteiger partial charge in [0.15, 0.2) is 5.58 Å². The molecule has 0 spiro atoms. The van der Waals surface area contributed by atoms with E-state index >= 15 is 0 Å². The van der Waals surface area contributed by atoms with E-state index in [0.717, 1.165) is 0 Å². The zero-order valence-electron chi connectivity index (χ0n) is 11.3. The zero-order chi connectivity index (χ0) is 15.7. The topological polar surface area (TPSA) is 61.3 Å². The summed E-state index contributed by atoms with van der Waals surface area (Å²) in [4.78, 5) is 0. The van der Waals surface area contributed by atoms with Gasteiger partial charge in [-0.3, -0.25) is 0 Å². The summed E-state index contributed by atoms with van der Waals surface area (Å²) in [5.41, 5.74) is 5.64. The Morgan fingerprint density at radius 3 is 2.59 bits per heavy atom. The predicted molar refractivity (Wildman–Crippen MR) is 81.6 cm³/mol. The second-order valence-corrected chi connectivity index (χ2v) is 5.31. The molecule has 7 heteroatoms. The molecule has 1 heterocycles. The van der Waals surface area contributed by atoms with Crippen molar-refractivity contribution in [2.45, 2.75) is 0 Å². The third-order valence-electron chi connectivity index (χ3n) is 3.12. The second-order valence-electron chi connectivity index (χ2n) is 4.52. The Morgan fingerprint density at radius 2 is 1.91 bits per heavy atom. The highest BCUT2D eigenvalue weighted by Gasteiger charge is 2.21. The maximum absolute atomic E-state index is 13.9. The molecular weight excluding hydrogens is 358 g/mol. The number of fused-ring (bicyclic) bond motifs is 1. The highest BCUT2D eigenvalue weighted by atomic mass is 79.9. The van der Waals surface area contributed by atoms with Crippen LogP contribution in [0.2, 0.25) is 0 Å². The molecule has 0 aliphatic heterocycles. The molecule has 0 radical (unpaired) electrons. The number of benzene rings is 2. The van der Waals surface area contributed by atoms with Gasteiger partial charge in [-0.25, -0.2) is 8.78 Å². The van der Waals surface area contributed by atoms with E-state index in [-0.39, 0.29) is 11.3 Å². The fourth-order valence-electron chi connectivity index (χ4n) is 2.14. The van der Waals surface area contributed by atoms with Crippen LogP contribution in [0.1, 0.15) is 0 Å². The molecule has 3 rings (SSSR count). The van der Waals surface area contributed by atoms with E-state index in [9.17, 15) is 8.78 Å². The minimum Gasteiger partial charge on any atom is -0.491 e. The van der Waals surface area contributed by atoms with Crippen molar-refractivity contribution in [1.29, 1.82) is 0 Å². The predicted octanol–water partition coefficient (Wildman–Crippen LogP) is 3.87. The summed E-state index contributed by atoms with van der Waals surface area (Å²) in [5, 5.41) is 4.29.